The number of halogens is 2. The number of rotatable bonds is 3. The summed E-state index contributed by atoms with van der Waals surface area (Å²) in [5.41, 5.74) is 1.89. The zero-order valence-corrected chi connectivity index (χ0v) is 14.1. The number of para-hydroxylation sites is 2. The van der Waals surface area contributed by atoms with Crippen LogP contribution in [-0.4, -0.2) is 25.6 Å². The Bertz CT molecular complexity index is 736. The Hall–Kier alpha value is -1.91. The molecule has 0 spiro atoms. The third kappa shape index (κ3) is 3.38. The maximum absolute atomic E-state index is 12.0. The standard InChI is InChI=1S/C17H16Cl2N2O2/c1-20-17(22)16-10-21(14-4-2-3-5-15(14)23-16)9-11-6-7-12(18)8-13(11)19/h2-8,16H,9-10H2,1H3,(H,20,22)/t16-/m0/s1. The fourth-order valence-corrected chi connectivity index (χ4v) is 3.08. The van der Waals surface area contributed by atoms with Crippen LogP contribution in [-0.2, 0) is 11.3 Å². The highest BCUT2D eigenvalue weighted by molar-refractivity contribution is 6.35. The number of amides is 1. The highest BCUT2D eigenvalue weighted by Gasteiger charge is 2.30. The largest absolute Gasteiger partial charge is 0.477 e. The summed E-state index contributed by atoms with van der Waals surface area (Å²) in [5.74, 6) is 0.546. The van der Waals surface area contributed by atoms with Crippen molar-refractivity contribution in [2.75, 3.05) is 18.5 Å². The van der Waals surface area contributed by atoms with Gasteiger partial charge in [0.2, 0.25) is 0 Å². The Morgan fingerprint density at radius 1 is 1.30 bits per heavy atom. The second kappa shape index (κ2) is 6.69. The summed E-state index contributed by atoms with van der Waals surface area (Å²) in [6, 6.07) is 13.1. The first-order valence-corrected chi connectivity index (χ1v) is 8.00. The van der Waals surface area contributed by atoms with Crippen molar-refractivity contribution >= 4 is 34.8 Å². The molecule has 0 bridgehead atoms. The second-order valence-corrected chi connectivity index (χ2v) is 6.15. The SMILES string of the molecule is CNC(=O)[C@@H]1CN(Cc2ccc(Cl)cc2Cl)c2ccccc2O1. The zero-order chi connectivity index (χ0) is 16.4. The quantitative estimate of drug-likeness (QED) is 0.920. The highest BCUT2D eigenvalue weighted by Crippen LogP contribution is 2.35. The Kier molecular flexibility index (Phi) is 4.64. The number of likely N-dealkylation sites (N-methyl/N-ethyl adjacent to an activating group) is 1. The maximum Gasteiger partial charge on any atom is 0.262 e. The van der Waals surface area contributed by atoms with Crippen LogP contribution in [0.3, 0.4) is 0 Å². The van der Waals surface area contributed by atoms with Gasteiger partial charge in [-0.1, -0.05) is 41.4 Å². The lowest BCUT2D eigenvalue weighted by Crippen LogP contribution is -2.47. The first-order chi connectivity index (χ1) is 11.1. The summed E-state index contributed by atoms with van der Waals surface area (Å²) in [6.07, 6.45) is -0.555. The molecule has 1 amide bonds. The molecular weight excluding hydrogens is 335 g/mol. The zero-order valence-electron chi connectivity index (χ0n) is 12.6. The van der Waals surface area contributed by atoms with Gasteiger partial charge in [0.05, 0.1) is 12.2 Å². The van der Waals surface area contributed by atoms with E-state index in [1.807, 2.05) is 36.4 Å². The van der Waals surface area contributed by atoms with E-state index in [1.165, 1.54) is 0 Å². The molecule has 1 aliphatic heterocycles. The molecular formula is C17H16Cl2N2O2. The van der Waals surface area contributed by atoms with Crippen LogP contribution in [0.5, 0.6) is 5.75 Å². The lowest BCUT2D eigenvalue weighted by atomic mass is 10.1. The first kappa shape index (κ1) is 16.0. The molecule has 6 heteroatoms. The molecule has 0 radical (unpaired) electrons. The lowest BCUT2D eigenvalue weighted by molar-refractivity contribution is -0.127. The van der Waals surface area contributed by atoms with Crippen LogP contribution >= 0.6 is 23.2 Å². The fourth-order valence-electron chi connectivity index (χ4n) is 2.61. The summed E-state index contributed by atoms with van der Waals surface area (Å²) in [7, 11) is 1.60. The summed E-state index contributed by atoms with van der Waals surface area (Å²) in [4.78, 5) is 14.1. The molecule has 0 saturated carbocycles. The number of hydrogen-bond acceptors (Lipinski definition) is 3. The lowest BCUT2D eigenvalue weighted by Gasteiger charge is -2.35. The van der Waals surface area contributed by atoms with Crippen LogP contribution < -0.4 is 15.0 Å². The predicted octanol–water partition coefficient (Wildman–Crippen LogP) is 3.51. The Morgan fingerprint density at radius 2 is 2.09 bits per heavy atom. The Labute approximate surface area is 144 Å². The van der Waals surface area contributed by atoms with Gasteiger partial charge in [-0.15, -0.1) is 0 Å². The molecule has 0 aliphatic carbocycles. The molecule has 23 heavy (non-hydrogen) atoms. The van der Waals surface area contributed by atoms with Gasteiger partial charge in [-0.05, 0) is 29.8 Å². The normalized spacial score (nSPS) is 16.5. The van der Waals surface area contributed by atoms with Crippen molar-refractivity contribution in [2.45, 2.75) is 12.6 Å². The van der Waals surface area contributed by atoms with Crippen molar-refractivity contribution in [2.24, 2.45) is 0 Å². The van der Waals surface area contributed by atoms with Crippen molar-refractivity contribution < 1.29 is 9.53 Å². The number of benzene rings is 2. The van der Waals surface area contributed by atoms with Gasteiger partial charge in [0, 0.05) is 23.6 Å². The van der Waals surface area contributed by atoms with E-state index in [4.69, 9.17) is 27.9 Å². The molecule has 1 atom stereocenters. The molecule has 120 valence electrons. The fraction of sp³-hybridized carbons (Fsp3) is 0.235. The van der Waals surface area contributed by atoms with Gasteiger partial charge < -0.3 is 15.0 Å². The van der Waals surface area contributed by atoms with Crippen LogP contribution in [0.2, 0.25) is 10.0 Å². The number of anilines is 1. The van der Waals surface area contributed by atoms with Gasteiger partial charge >= 0.3 is 0 Å². The van der Waals surface area contributed by atoms with Crippen LogP contribution in [0.25, 0.3) is 0 Å². The van der Waals surface area contributed by atoms with E-state index < -0.39 is 6.10 Å². The van der Waals surface area contributed by atoms with Crippen molar-refractivity contribution in [3.8, 4) is 5.75 Å². The van der Waals surface area contributed by atoms with E-state index in [9.17, 15) is 4.79 Å². The van der Waals surface area contributed by atoms with Crippen molar-refractivity contribution in [1.82, 2.24) is 5.32 Å². The third-order valence-electron chi connectivity index (χ3n) is 3.78. The molecule has 1 N–H and O–H groups in total. The van der Waals surface area contributed by atoms with Gasteiger partial charge in [-0.2, -0.15) is 0 Å². The Balaban J connectivity index is 1.91. The van der Waals surface area contributed by atoms with Crippen LogP contribution in [0.15, 0.2) is 42.5 Å². The summed E-state index contributed by atoms with van der Waals surface area (Å²) >= 11 is 12.2. The molecule has 4 nitrogen and oxygen atoms in total. The van der Waals surface area contributed by atoms with Gasteiger partial charge in [0.1, 0.15) is 5.75 Å². The van der Waals surface area contributed by atoms with E-state index >= 15 is 0 Å². The van der Waals surface area contributed by atoms with Gasteiger partial charge in [0.25, 0.3) is 5.91 Å². The number of nitrogens with zero attached hydrogens (tertiary/aromatic N) is 1. The maximum atomic E-state index is 12.0. The van der Waals surface area contributed by atoms with Gasteiger partial charge in [-0.25, -0.2) is 0 Å². The molecule has 0 aromatic heterocycles. The van der Waals surface area contributed by atoms with E-state index in [0.29, 0.717) is 28.9 Å². The van der Waals surface area contributed by atoms with Gasteiger partial charge in [-0.3, -0.25) is 4.79 Å². The molecule has 0 fully saturated rings. The minimum atomic E-state index is -0.555. The predicted molar refractivity (Wildman–Crippen MR) is 92.4 cm³/mol. The highest BCUT2D eigenvalue weighted by atomic mass is 35.5. The van der Waals surface area contributed by atoms with Crippen LogP contribution in [0.4, 0.5) is 5.69 Å². The van der Waals surface area contributed by atoms with E-state index in [2.05, 4.69) is 10.2 Å². The molecule has 1 heterocycles. The average molecular weight is 351 g/mol. The molecule has 2 aromatic carbocycles. The smallest absolute Gasteiger partial charge is 0.262 e. The van der Waals surface area contributed by atoms with Crippen molar-refractivity contribution in [1.29, 1.82) is 0 Å². The molecule has 3 rings (SSSR count). The molecule has 0 saturated heterocycles. The number of carbonyl (C=O) groups is 1. The minimum Gasteiger partial charge on any atom is -0.477 e. The molecule has 1 aliphatic rings. The van der Waals surface area contributed by atoms with E-state index in [0.717, 1.165) is 11.3 Å². The minimum absolute atomic E-state index is 0.147. The monoisotopic (exact) mass is 350 g/mol. The average Bonchev–Trinajstić information content (AvgIpc) is 2.56. The molecule has 0 unspecified atom stereocenters. The number of carbonyl (C=O) groups excluding carboxylic acids is 1. The van der Waals surface area contributed by atoms with Gasteiger partial charge in [0.15, 0.2) is 6.10 Å². The van der Waals surface area contributed by atoms with E-state index in [-0.39, 0.29) is 5.91 Å². The summed E-state index contributed by atoms with van der Waals surface area (Å²) < 4.78 is 5.79. The third-order valence-corrected chi connectivity index (χ3v) is 4.36. The van der Waals surface area contributed by atoms with Crippen LogP contribution in [0.1, 0.15) is 5.56 Å². The Morgan fingerprint density at radius 3 is 2.83 bits per heavy atom. The number of fused-ring (bicyclic) bond motifs is 1. The number of hydrogen-bond donors (Lipinski definition) is 1. The van der Waals surface area contributed by atoms with Crippen molar-refractivity contribution in [3.05, 3.63) is 58.1 Å². The summed E-state index contributed by atoms with van der Waals surface area (Å²) in [5, 5.41) is 3.85. The number of ether oxygens (including phenoxy) is 1. The number of nitrogens with one attached hydrogen (secondary N) is 1. The van der Waals surface area contributed by atoms with Crippen LogP contribution in [0, 0.1) is 0 Å². The summed E-state index contributed by atoms with van der Waals surface area (Å²) in [6.45, 7) is 1.03. The molecule has 2 aromatic rings. The topological polar surface area (TPSA) is 41.6 Å². The second-order valence-electron chi connectivity index (χ2n) is 5.30. The first-order valence-electron chi connectivity index (χ1n) is 7.24. The van der Waals surface area contributed by atoms with E-state index in [1.54, 1.807) is 13.1 Å². The van der Waals surface area contributed by atoms with Crippen molar-refractivity contribution in [3.63, 3.8) is 0 Å².